The average molecular weight is 513 g/mol. The molecule has 0 aliphatic rings. The Morgan fingerprint density at radius 2 is 1.81 bits per heavy atom. The Balaban J connectivity index is 1.35. The first-order valence-corrected chi connectivity index (χ1v) is 11.1. The Hall–Kier alpha value is -4.51. The molecule has 0 spiro atoms. The van der Waals surface area contributed by atoms with E-state index in [2.05, 4.69) is 10.1 Å². The number of nitrogen functional groups attached to an aromatic ring is 1. The van der Waals surface area contributed by atoms with Crippen molar-refractivity contribution in [2.24, 2.45) is 0 Å². The summed E-state index contributed by atoms with van der Waals surface area (Å²) in [7, 11) is 0. The second-order valence-corrected chi connectivity index (χ2v) is 7.86. The molecule has 0 atom stereocenters. The normalized spacial score (nSPS) is 11.3. The highest BCUT2D eigenvalue weighted by Gasteiger charge is 2.29. The van der Waals surface area contributed by atoms with Crippen LogP contribution in [0.25, 0.3) is 11.0 Å². The van der Waals surface area contributed by atoms with E-state index >= 15 is 0 Å². The predicted octanol–water partition coefficient (Wildman–Crippen LogP) is 5.35. The van der Waals surface area contributed by atoms with E-state index in [0.29, 0.717) is 40.1 Å². The largest absolute Gasteiger partial charge is 0.522 e. The van der Waals surface area contributed by atoms with Gasteiger partial charge in [-0.3, -0.25) is 19.2 Å². The molecule has 2 amide bonds. The highest BCUT2D eigenvalue weighted by Crippen LogP contribution is 2.30. The number of amides is 2. The van der Waals surface area contributed by atoms with Crippen molar-refractivity contribution in [3.05, 3.63) is 83.9 Å². The van der Waals surface area contributed by atoms with E-state index < -0.39 is 13.0 Å². The van der Waals surface area contributed by atoms with Gasteiger partial charge in [-0.05, 0) is 48.0 Å². The minimum atomic E-state index is -4.77. The molecule has 0 saturated heterocycles. The monoisotopic (exact) mass is 513 g/mol. The average Bonchev–Trinajstić information content (AvgIpc) is 3.31. The van der Waals surface area contributed by atoms with Crippen LogP contribution >= 0.6 is 0 Å². The number of benzene rings is 3. The first-order chi connectivity index (χ1) is 17.7. The van der Waals surface area contributed by atoms with E-state index in [1.807, 2.05) is 0 Å². The molecule has 0 bridgehead atoms. The first-order valence-electron chi connectivity index (χ1n) is 11.1. The van der Waals surface area contributed by atoms with Crippen LogP contribution in [0.2, 0.25) is 0 Å². The molecule has 8 nitrogen and oxygen atoms in total. The Kier molecular flexibility index (Phi) is 7.63. The molecule has 1 heterocycles. The maximum absolute atomic E-state index is 12.4. The second-order valence-electron chi connectivity index (χ2n) is 7.86. The molecular weight excluding hydrogens is 491 g/mol. The molecule has 11 heteroatoms. The first kappa shape index (κ1) is 25.6. The number of nitrogens with two attached hydrogens (primary N) is 1. The van der Waals surface area contributed by atoms with Gasteiger partial charge >= 0.3 is 6.36 Å². The smallest absolute Gasteiger partial charge is 0.492 e. The molecule has 0 aliphatic heterocycles. The lowest BCUT2D eigenvalue weighted by Crippen LogP contribution is -2.26. The highest BCUT2D eigenvalue weighted by atomic mass is 19.4. The topological polar surface area (TPSA) is 107 Å². The number of halogens is 3. The van der Waals surface area contributed by atoms with Gasteiger partial charge in [-0.15, -0.1) is 13.2 Å². The number of para-hydroxylation sites is 2. The summed E-state index contributed by atoms with van der Waals surface area (Å²) < 4.78 is 52.5. The summed E-state index contributed by atoms with van der Waals surface area (Å²) in [5.74, 6) is 0.291. The zero-order chi connectivity index (χ0) is 26.4. The van der Waals surface area contributed by atoms with Crippen LogP contribution in [0.3, 0.4) is 0 Å². The summed E-state index contributed by atoms with van der Waals surface area (Å²) in [6.45, 7) is -0.490. The van der Waals surface area contributed by atoms with Gasteiger partial charge in [-0.2, -0.15) is 0 Å². The minimum absolute atomic E-state index is 0.0892. The Morgan fingerprint density at radius 1 is 1.05 bits per heavy atom. The molecule has 3 aromatic carbocycles. The molecule has 0 fully saturated rings. The van der Waals surface area contributed by atoms with E-state index in [4.69, 9.17) is 14.9 Å². The number of fused-ring (bicyclic) bond motifs is 1. The molecular formula is C26H22F3N3O5. The van der Waals surface area contributed by atoms with Crippen LogP contribution < -0.4 is 20.7 Å². The van der Waals surface area contributed by atoms with Crippen LogP contribution in [-0.2, 0) is 16.1 Å². The number of carbonyl (C=O) groups excluding carboxylic acids is 2. The molecule has 0 radical (unpaired) electrons. The van der Waals surface area contributed by atoms with Crippen molar-refractivity contribution < 1.29 is 36.7 Å². The SMILES string of the molecule is Nc1ccccc1NC(=O)c1ccc(OCCN(C=O)c2cc3c(COC(F)(F)F)cccc3o2)cc1. The lowest BCUT2D eigenvalue weighted by molar-refractivity contribution is -0.330. The van der Waals surface area contributed by atoms with Crippen molar-refractivity contribution in [1.29, 1.82) is 0 Å². The molecule has 1 aromatic heterocycles. The fraction of sp³-hybridized carbons (Fsp3) is 0.154. The fourth-order valence-corrected chi connectivity index (χ4v) is 3.52. The van der Waals surface area contributed by atoms with E-state index in [1.165, 1.54) is 23.1 Å². The standard InChI is InChI=1S/C26H22F3N3O5/c27-26(28,29)36-15-18-4-3-7-23-20(18)14-24(37-23)32(16-33)12-13-35-19-10-8-17(9-11-19)25(34)31-22-6-2-1-5-21(22)30/h1-11,14,16H,12-13,15,30H2,(H,31,34). The summed E-state index contributed by atoms with van der Waals surface area (Å²) in [5, 5.41) is 3.14. The van der Waals surface area contributed by atoms with Crippen molar-refractivity contribution in [2.75, 3.05) is 29.1 Å². The van der Waals surface area contributed by atoms with Crippen LogP contribution in [0.5, 0.6) is 5.75 Å². The van der Waals surface area contributed by atoms with E-state index in [0.717, 1.165) is 0 Å². The zero-order valence-corrected chi connectivity index (χ0v) is 19.3. The lowest BCUT2D eigenvalue weighted by Gasteiger charge is -2.14. The summed E-state index contributed by atoms with van der Waals surface area (Å²) in [4.78, 5) is 25.3. The third-order valence-corrected chi connectivity index (χ3v) is 5.37. The highest BCUT2D eigenvalue weighted by molar-refractivity contribution is 6.05. The predicted molar refractivity (Wildman–Crippen MR) is 131 cm³/mol. The van der Waals surface area contributed by atoms with Gasteiger partial charge in [-0.1, -0.05) is 24.3 Å². The number of nitrogens with zero attached hydrogens (tertiary/aromatic N) is 1. The Bertz CT molecular complexity index is 1390. The molecule has 0 unspecified atom stereocenters. The number of ether oxygens (including phenoxy) is 2. The number of anilines is 3. The Labute approximate surface area is 209 Å². The number of rotatable bonds is 10. The molecule has 4 rings (SSSR count). The van der Waals surface area contributed by atoms with Gasteiger partial charge in [0.15, 0.2) is 0 Å². The summed E-state index contributed by atoms with van der Waals surface area (Å²) in [6, 6.07) is 19.4. The van der Waals surface area contributed by atoms with Gasteiger partial charge in [-0.25, -0.2) is 0 Å². The summed E-state index contributed by atoms with van der Waals surface area (Å²) >= 11 is 0. The second kappa shape index (κ2) is 11.0. The lowest BCUT2D eigenvalue weighted by atomic mass is 10.1. The third kappa shape index (κ3) is 6.58. The van der Waals surface area contributed by atoms with Crippen molar-refractivity contribution >= 4 is 40.5 Å². The van der Waals surface area contributed by atoms with E-state index in [-0.39, 0.29) is 30.5 Å². The van der Waals surface area contributed by atoms with Gasteiger partial charge in [0.25, 0.3) is 5.91 Å². The zero-order valence-electron chi connectivity index (χ0n) is 19.3. The van der Waals surface area contributed by atoms with Gasteiger partial charge in [0.2, 0.25) is 12.3 Å². The van der Waals surface area contributed by atoms with Crippen molar-refractivity contribution in [2.45, 2.75) is 13.0 Å². The van der Waals surface area contributed by atoms with Crippen LogP contribution in [0.1, 0.15) is 15.9 Å². The number of nitrogens with one attached hydrogen (secondary N) is 1. The van der Waals surface area contributed by atoms with Crippen LogP contribution in [-0.4, -0.2) is 31.8 Å². The quantitative estimate of drug-likeness (QED) is 0.219. The molecule has 0 saturated carbocycles. The fourth-order valence-electron chi connectivity index (χ4n) is 3.52. The number of carbonyl (C=O) groups is 2. The summed E-state index contributed by atoms with van der Waals surface area (Å²) in [5.41, 5.74) is 7.79. The van der Waals surface area contributed by atoms with Gasteiger partial charge in [0.1, 0.15) is 17.9 Å². The number of alkyl halides is 3. The van der Waals surface area contributed by atoms with Gasteiger partial charge in [0, 0.05) is 17.0 Å². The van der Waals surface area contributed by atoms with Gasteiger partial charge < -0.3 is 20.2 Å². The number of hydrogen-bond donors (Lipinski definition) is 2. The molecule has 0 aliphatic carbocycles. The van der Waals surface area contributed by atoms with Crippen LogP contribution in [0.15, 0.2) is 77.2 Å². The Morgan fingerprint density at radius 3 is 2.51 bits per heavy atom. The molecule has 3 N–H and O–H groups in total. The minimum Gasteiger partial charge on any atom is -0.492 e. The maximum Gasteiger partial charge on any atom is 0.522 e. The van der Waals surface area contributed by atoms with Crippen molar-refractivity contribution in [3.63, 3.8) is 0 Å². The van der Waals surface area contributed by atoms with Crippen molar-refractivity contribution in [3.8, 4) is 5.75 Å². The number of furan rings is 1. The maximum atomic E-state index is 12.4. The van der Waals surface area contributed by atoms with Crippen molar-refractivity contribution in [1.82, 2.24) is 0 Å². The molecule has 37 heavy (non-hydrogen) atoms. The number of hydrogen-bond acceptors (Lipinski definition) is 6. The third-order valence-electron chi connectivity index (χ3n) is 5.37. The molecule has 4 aromatic rings. The van der Waals surface area contributed by atoms with Gasteiger partial charge in [0.05, 0.1) is 24.5 Å². The van der Waals surface area contributed by atoms with Crippen LogP contribution in [0.4, 0.5) is 30.4 Å². The van der Waals surface area contributed by atoms with E-state index in [9.17, 15) is 22.8 Å². The van der Waals surface area contributed by atoms with E-state index in [1.54, 1.807) is 54.6 Å². The molecule has 192 valence electrons. The van der Waals surface area contributed by atoms with Crippen LogP contribution in [0, 0.1) is 0 Å². The summed E-state index contributed by atoms with van der Waals surface area (Å²) in [6.07, 6.45) is -4.23.